The van der Waals surface area contributed by atoms with Gasteiger partial charge < -0.3 is 28.6 Å². The van der Waals surface area contributed by atoms with Crippen LogP contribution in [-0.2, 0) is 19.1 Å². The summed E-state index contributed by atoms with van der Waals surface area (Å²) < 4.78 is 5.62. The number of fused-ring (bicyclic) bond motifs is 2. The molecule has 0 aliphatic heterocycles. The van der Waals surface area contributed by atoms with Crippen molar-refractivity contribution in [3.05, 3.63) is 31.2 Å². The standard InChI is InChI=1S/C12H18O2.C6H8O.C4H5ClO.C2H5.BrH.Mg/c1-4-12(14-11(13)8(2)3)6-5-9-7-10(9)12;7-6-2-1-4-3-5(4)6;1-3(2)4(5)6;1-2;;/h9-10H,2,4-7H2,1,3H3;4-5H,1-3H2;1H2,2H3;1H2,2H3;1H;/q;;;-1;;+2/p-1. The molecule has 4 saturated carbocycles. The summed E-state index contributed by atoms with van der Waals surface area (Å²) in [6.45, 7) is 17.3. The minimum atomic E-state index is -0.463. The number of rotatable bonds is 4. The summed E-state index contributed by atoms with van der Waals surface area (Å²) in [5.41, 5.74) is 0.763. The number of hydrogen-bond acceptors (Lipinski definition) is 4. The van der Waals surface area contributed by atoms with Gasteiger partial charge in [0.1, 0.15) is 11.4 Å². The second-order valence-corrected chi connectivity index (χ2v) is 8.73. The van der Waals surface area contributed by atoms with Gasteiger partial charge in [-0.3, -0.25) is 9.59 Å². The summed E-state index contributed by atoms with van der Waals surface area (Å²) in [6.07, 6.45) is 7.81. The summed E-state index contributed by atoms with van der Waals surface area (Å²) in [5, 5.41) is -0.463. The molecule has 0 amide bonds. The number of halogens is 2. The molecule has 4 aliphatic rings. The van der Waals surface area contributed by atoms with Gasteiger partial charge in [-0.2, -0.15) is 6.92 Å². The van der Waals surface area contributed by atoms with Gasteiger partial charge >= 0.3 is 29.0 Å². The zero-order valence-electron chi connectivity index (χ0n) is 19.5. The first kappa shape index (κ1) is 33.0. The molecule has 31 heavy (non-hydrogen) atoms. The van der Waals surface area contributed by atoms with E-state index in [0.717, 1.165) is 31.1 Å². The van der Waals surface area contributed by atoms with Gasteiger partial charge in [-0.1, -0.05) is 20.1 Å². The van der Waals surface area contributed by atoms with Crippen molar-refractivity contribution in [2.75, 3.05) is 0 Å². The van der Waals surface area contributed by atoms with Gasteiger partial charge in [0.25, 0.3) is 0 Å². The van der Waals surface area contributed by atoms with E-state index in [1.807, 2.05) is 0 Å². The smallest absolute Gasteiger partial charge is 1.00 e. The van der Waals surface area contributed by atoms with Crippen molar-refractivity contribution in [2.45, 2.75) is 78.2 Å². The van der Waals surface area contributed by atoms with Gasteiger partial charge in [0, 0.05) is 29.4 Å². The summed E-state index contributed by atoms with van der Waals surface area (Å²) >= 11 is 4.87. The molecule has 5 atom stereocenters. The Morgan fingerprint density at radius 3 is 1.87 bits per heavy atom. The van der Waals surface area contributed by atoms with Crippen LogP contribution in [0.1, 0.15) is 72.6 Å². The molecular formula is C24H36BrClMgO4. The minimum absolute atomic E-state index is 0. The maximum absolute atomic E-state index is 11.5. The fraction of sp³-hybridized carbons (Fsp3) is 0.667. The first-order chi connectivity index (χ1) is 13.6. The Balaban J connectivity index is 0. The normalized spacial score (nSPS) is 29.8. The SMILES string of the molecule is C=C(C)C(=O)Cl.C=C(C)C(=O)OC1(CC)CCC2CC21.O=C1CCC2CC12.[Br-].[CH2-]C.[Mg+2]. The van der Waals surface area contributed by atoms with Crippen LogP contribution in [0.4, 0.5) is 0 Å². The number of allylic oxidation sites excluding steroid dienone is 1. The molecule has 0 heterocycles. The summed E-state index contributed by atoms with van der Waals surface area (Å²) in [5.74, 6) is 3.19. The van der Waals surface area contributed by atoms with Crippen LogP contribution in [0.5, 0.6) is 0 Å². The van der Waals surface area contributed by atoms with Gasteiger partial charge in [0.2, 0.25) is 5.24 Å². The molecule has 172 valence electrons. The second-order valence-electron chi connectivity index (χ2n) is 8.39. The molecule has 0 aromatic rings. The van der Waals surface area contributed by atoms with Crippen LogP contribution >= 0.6 is 11.6 Å². The fourth-order valence-electron chi connectivity index (χ4n) is 4.21. The topological polar surface area (TPSA) is 60.4 Å². The van der Waals surface area contributed by atoms with Crippen molar-refractivity contribution < 1.29 is 36.1 Å². The van der Waals surface area contributed by atoms with Gasteiger partial charge in [0.05, 0.1) is 0 Å². The maximum atomic E-state index is 11.5. The summed E-state index contributed by atoms with van der Waals surface area (Å²) in [4.78, 5) is 31.9. The van der Waals surface area contributed by atoms with Crippen LogP contribution in [0.15, 0.2) is 24.3 Å². The van der Waals surface area contributed by atoms with Crippen molar-refractivity contribution in [3.63, 3.8) is 0 Å². The molecule has 4 rings (SSSR count). The molecule has 0 saturated heterocycles. The predicted octanol–water partition coefficient (Wildman–Crippen LogP) is 2.46. The Hall–Kier alpha value is -0.174. The second kappa shape index (κ2) is 14.9. The Morgan fingerprint density at radius 2 is 1.68 bits per heavy atom. The molecule has 0 bridgehead atoms. The third-order valence-corrected chi connectivity index (χ3v) is 6.54. The van der Waals surface area contributed by atoms with Crippen LogP contribution in [0.2, 0.25) is 0 Å². The Kier molecular flexibility index (Phi) is 15.8. The van der Waals surface area contributed by atoms with E-state index < -0.39 is 5.24 Å². The number of carbonyl (C=O) groups excluding carboxylic acids is 3. The van der Waals surface area contributed by atoms with Crippen molar-refractivity contribution in [1.29, 1.82) is 0 Å². The zero-order valence-corrected chi connectivity index (χ0v) is 23.2. The molecule has 0 radical (unpaired) electrons. The predicted molar refractivity (Wildman–Crippen MR) is 123 cm³/mol. The Bertz CT molecular complexity index is 654. The summed E-state index contributed by atoms with van der Waals surface area (Å²) in [7, 11) is 0. The largest absolute Gasteiger partial charge is 2.00 e. The van der Waals surface area contributed by atoms with E-state index in [9.17, 15) is 14.4 Å². The van der Waals surface area contributed by atoms with E-state index in [2.05, 4.69) is 27.0 Å². The third kappa shape index (κ3) is 9.69. The monoisotopic (exact) mass is 526 g/mol. The quantitative estimate of drug-likeness (QED) is 0.185. The minimum Gasteiger partial charge on any atom is -1.00 e. The van der Waals surface area contributed by atoms with Crippen LogP contribution < -0.4 is 17.0 Å². The van der Waals surface area contributed by atoms with Crippen LogP contribution in [0.3, 0.4) is 0 Å². The average Bonchev–Trinajstić information content (AvgIpc) is 3.59. The van der Waals surface area contributed by atoms with E-state index in [1.165, 1.54) is 25.7 Å². The van der Waals surface area contributed by atoms with Crippen molar-refractivity contribution in [1.82, 2.24) is 0 Å². The van der Waals surface area contributed by atoms with E-state index in [4.69, 9.17) is 16.3 Å². The number of ether oxygens (including phenoxy) is 1. The van der Waals surface area contributed by atoms with Gasteiger partial charge in [-0.05, 0) is 75.8 Å². The average molecular weight is 528 g/mol. The molecule has 4 aliphatic carbocycles. The zero-order chi connectivity index (χ0) is 22.4. The maximum Gasteiger partial charge on any atom is 2.00 e. The Labute approximate surface area is 219 Å². The summed E-state index contributed by atoms with van der Waals surface area (Å²) in [6, 6.07) is 0. The number of ketones is 1. The van der Waals surface area contributed by atoms with Crippen LogP contribution in [0, 0.1) is 30.6 Å². The van der Waals surface area contributed by atoms with E-state index in [-0.39, 0.29) is 51.6 Å². The first-order valence-electron chi connectivity index (χ1n) is 10.6. The molecule has 0 aromatic carbocycles. The number of hydrogen-bond donors (Lipinski definition) is 0. The Morgan fingerprint density at radius 1 is 1.13 bits per heavy atom. The third-order valence-electron chi connectivity index (χ3n) is 6.21. The van der Waals surface area contributed by atoms with Gasteiger partial charge in [-0.25, -0.2) is 4.79 Å². The number of Topliss-reactive ketones (excluding diaryl/α,β-unsaturated/α-hetero) is 1. The molecule has 0 N–H and O–H groups in total. The molecule has 0 spiro atoms. The molecular weight excluding hydrogens is 492 g/mol. The van der Waals surface area contributed by atoms with Gasteiger partial charge in [-0.15, -0.1) is 0 Å². The number of esters is 1. The van der Waals surface area contributed by atoms with Gasteiger partial charge in [0.15, 0.2) is 0 Å². The number of carbonyl (C=O) groups is 3. The van der Waals surface area contributed by atoms with Crippen molar-refractivity contribution in [2.24, 2.45) is 23.7 Å². The molecule has 0 aromatic heterocycles. The van der Waals surface area contributed by atoms with Crippen molar-refractivity contribution >= 4 is 51.6 Å². The molecule has 7 heteroatoms. The van der Waals surface area contributed by atoms with E-state index in [1.54, 1.807) is 20.8 Å². The van der Waals surface area contributed by atoms with Crippen LogP contribution in [-0.4, -0.2) is 45.6 Å². The molecule has 4 nitrogen and oxygen atoms in total. The first-order valence-corrected chi connectivity index (χ1v) is 11.0. The molecule has 4 fully saturated rings. The van der Waals surface area contributed by atoms with Crippen LogP contribution in [0.25, 0.3) is 0 Å². The van der Waals surface area contributed by atoms with Crippen molar-refractivity contribution in [3.8, 4) is 0 Å². The fourth-order valence-corrected chi connectivity index (χ4v) is 4.21. The van der Waals surface area contributed by atoms with E-state index >= 15 is 0 Å². The molecule has 5 unspecified atom stereocenters. The van der Waals surface area contributed by atoms with E-state index in [0.29, 0.717) is 28.8 Å².